The van der Waals surface area contributed by atoms with Crippen LogP contribution in [0.1, 0.15) is 38.3 Å². The predicted octanol–water partition coefficient (Wildman–Crippen LogP) is 3.77. The van der Waals surface area contributed by atoms with Crippen LogP contribution in [-0.4, -0.2) is 46.3 Å². The van der Waals surface area contributed by atoms with Crippen molar-refractivity contribution in [1.82, 2.24) is 14.6 Å². The van der Waals surface area contributed by atoms with Gasteiger partial charge in [0, 0.05) is 43.0 Å². The van der Waals surface area contributed by atoms with Crippen LogP contribution in [0.4, 0.5) is 0 Å². The number of nitrogens with zero attached hydrogens (tertiary/aromatic N) is 5. The first-order valence-corrected chi connectivity index (χ1v) is 10.1. The van der Waals surface area contributed by atoms with Crippen molar-refractivity contribution in [2.24, 2.45) is 4.99 Å². The first-order chi connectivity index (χ1) is 13.8. The largest absolute Gasteiger partial charge is 0.379 e. The summed E-state index contributed by atoms with van der Waals surface area (Å²) in [6.07, 6.45) is 12.6. The molecule has 144 valence electrons. The van der Waals surface area contributed by atoms with E-state index >= 15 is 0 Å². The Labute approximate surface area is 164 Å². The summed E-state index contributed by atoms with van der Waals surface area (Å²) in [5.74, 6) is 0. The quantitative estimate of drug-likeness (QED) is 0.696. The van der Waals surface area contributed by atoms with Gasteiger partial charge < -0.3 is 4.74 Å². The number of aliphatic imine (C=N–C) groups is 1. The van der Waals surface area contributed by atoms with Crippen molar-refractivity contribution in [3.8, 4) is 11.1 Å². The van der Waals surface area contributed by atoms with Gasteiger partial charge in [0.15, 0.2) is 0 Å². The molecule has 6 nitrogen and oxygen atoms in total. The second-order valence-electron chi connectivity index (χ2n) is 7.50. The molecule has 1 aliphatic heterocycles. The molecule has 0 saturated heterocycles. The third-order valence-corrected chi connectivity index (χ3v) is 5.87. The molecular weight excluding hydrogens is 350 g/mol. The zero-order valence-electron chi connectivity index (χ0n) is 16.2. The van der Waals surface area contributed by atoms with E-state index in [-0.39, 0.29) is 0 Å². The zero-order chi connectivity index (χ0) is 18.9. The van der Waals surface area contributed by atoms with E-state index in [9.17, 15) is 0 Å². The fourth-order valence-corrected chi connectivity index (χ4v) is 4.48. The molecule has 1 saturated carbocycles. The molecule has 0 unspecified atom stereocenters. The van der Waals surface area contributed by atoms with Gasteiger partial charge in [-0.1, -0.05) is 6.07 Å². The monoisotopic (exact) mass is 375 g/mol. The standard InChI is InChI=1S/C22H25N5O/c1-2-28-18-6-4-17(5-7-18)27-15-23-14-22-19(9-12-26(22)27)16-3-8-20-21(13-16)25-11-10-24-20/h3,8-14,17-18H,2,4-7,15H2,1H3/t17-,18+. The van der Waals surface area contributed by atoms with E-state index in [0.29, 0.717) is 18.8 Å². The highest BCUT2D eigenvalue weighted by atomic mass is 16.5. The maximum Gasteiger partial charge on any atom is 0.125 e. The summed E-state index contributed by atoms with van der Waals surface area (Å²) < 4.78 is 8.11. The Morgan fingerprint density at radius 3 is 2.68 bits per heavy atom. The Hall–Kier alpha value is -2.73. The number of rotatable bonds is 4. The topological polar surface area (TPSA) is 55.5 Å². The third kappa shape index (κ3) is 3.07. The second kappa shape index (κ2) is 7.36. The molecule has 1 aromatic carbocycles. The van der Waals surface area contributed by atoms with Gasteiger partial charge in [0.1, 0.15) is 6.67 Å². The number of ether oxygens (including phenoxy) is 1. The Morgan fingerprint density at radius 1 is 1.04 bits per heavy atom. The summed E-state index contributed by atoms with van der Waals surface area (Å²) in [6, 6.07) is 8.96. The van der Waals surface area contributed by atoms with E-state index in [1.807, 2.05) is 12.3 Å². The molecule has 3 heterocycles. The molecule has 2 aliphatic rings. The first kappa shape index (κ1) is 17.4. The van der Waals surface area contributed by atoms with Crippen molar-refractivity contribution in [3.63, 3.8) is 0 Å². The van der Waals surface area contributed by atoms with Gasteiger partial charge in [-0.2, -0.15) is 0 Å². The van der Waals surface area contributed by atoms with Crippen LogP contribution >= 0.6 is 0 Å². The van der Waals surface area contributed by atoms with Gasteiger partial charge >= 0.3 is 0 Å². The van der Waals surface area contributed by atoms with Crippen LogP contribution < -0.4 is 5.01 Å². The molecule has 0 N–H and O–H groups in total. The smallest absolute Gasteiger partial charge is 0.125 e. The van der Waals surface area contributed by atoms with E-state index in [2.05, 4.69) is 56.0 Å². The highest BCUT2D eigenvalue weighted by Gasteiger charge is 2.29. The first-order valence-electron chi connectivity index (χ1n) is 10.1. The lowest BCUT2D eigenvalue weighted by molar-refractivity contribution is 0.0310. The normalized spacial score (nSPS) is 21.8. The van der Waals surface area contributed by atoms with Crippen LogP contribution in [-0.2, 0) is 4.74 Å². The van der Waals surface area contributed by atoms with Crippen LogP contribution in [0, 0.1) is 0 Å². The number of fused-ring (bicyclic) bond motifs is 2. The summed E-state index contributed by atoms with van der Waals surface area (Å²) in [5.41, 5.74) is 5.31. The lowest BCUT2D eigenvalue weighted by Gasteiger charge is -2.39. The fourth-order valence-electron chi connectivity index (χ4n) is 4.48. The summed E-state index contributed by atoms with van der Waals surface area (Å²) >= 11 is 0. The van der Waals surface area contributed by atoms with Crippen molar-refractivity contribution < 1.29 is 4.74 Å². The molecule has 0 bridgehead atoms. The molecule has 28 heavy (non-hydrogen) atoms. The van der Waals surface area contributed by atoms with Crippen molar-refractivity contribution in [1.29, 1.82) is 0 Å². The molecule has 2 aromatic heterocycles. The van der Waals surface area contributed by atoms with Gasteiger partial charge in [-0.3, -0.25) is 24.6 Å². The zero-order valence-corrected chi connectivity index (χ0v) is 16.2. The van der Waals surface area contributed by atoms with E-state index in [1.54, 1.807) is 12.4 Å². The van der Waals surface area contributed by atoms with Crippen molar-refractivity contribution in [3.05, 3.63) is 48.5 Å². The lowest BCUT2D eigenvalue weighted by Crippen LogP contribution is -2.48. The summed E-state index contributed by atoms with van der Waals surface area (Å²) in [6.45, 7) is 3.61. The summed E-state index contributed by atoms with van der Waals surface area (Å²) in [5, 5.41) is 2.40. The number of aromatic nitrogens is 3. The number of benzene rings is 1. The van der Waals surface area contributed by atoms with E-state index in [0.717, 1.165) is 54.6 Å². The van der Waals surface area contributed by atoms with Crippen LogP contribution in [0.2, 0.25) is 0 Å². The van der Waals surface area contributed by atoms with Gasteiger partial charge in [0.25, 0.3) is 0 Å². The molecule has 6 heteroatoms. The maximum atomic E-state index is 5.82. The molecule has 0 atom stereocenters. The van der Waals surface area contributed by atoms with Crippen molar-refractivity contribution in [2.45, 2.75) is 44.8 Å². The molecule has 3 aromatic rings. The third-order valence-electron chi connectivity index (χ3n) is 5.87. The summed E-state index contributed by atoms with van der Waals surface area (Å²) in [4.78, 5) is 13.5. The van der Waals surface area contributed by atoms with Crippen molar-refractivity contribution >= 4 is 17.2 Å². The average Bonchev–Trinajstić information content (AvgIpc) is 3.18. The van der Waals surface area contributed by atoms with Gasteiger partial charge in [-0.05, 0) is 56.4 Å². The highest BCUT2D eigenvalue weighted by molar-refractivity contribution is 5.92. The van der Waals surface area contributed by atoms with Crippen LogP contribution in [0.3, 0.4) is 0 Å². The molecule has 0 spiro atoms. The van der Waals surface area contributed by atoms with Gasteiger partial charge in [0.2, 0.25) is 0 Å². The predicted molar refractivity (Wildman–Crippen MR) is 111 cm³/mol. The minimum absolute atomic E-state index is 0.424. The van der Waals surface area contributed by atoms with Crippen LogP contribution in [0.5, 0.6) is 0 Å². The number of hydrogen-bond donors (Lipinski definition) is 0. The van der Waals surface area contributed by atoms with Crippen LogP contribution in [0.25, 0.3) is 22.2 Å². The van der Waals surface area contributed by atoms with Crippen molar-refractivity contribution in [2.75, 3.05) is 18.3 Å². The van der Waals surface area contributed by atoms with E-state index in [1.165, 1.54) is 5.56 Å². The summed E-state index contributed by atoms with van der Waals surface area (Å²) in [7, 11) is 0. The average molecular weight is 375 g/mol. The van der Waals surface area contributed by atoms with Gasteiger partial charge in [-0.25, -0.2) is 0 Å². The highest BCUT2D eigenvalue weighted by Crippen LogP contribution is 2.30. The maximum absolute atomic E-state index is 5.82. The SMILES string of the molecule is CCO[C@H]1CC[C@@H](N2CN=Cc3c(-c4ccc5nccnc5c4)ccn32)CC1. The molecule has 0 radical (unpaired) electrons. The van der Waals surface area contributed by atoms with Gasteiger partial charge in [0.05, 0.1) is 22.8 Å². The Balaban J connectivity index is 1.43. The molecular formula is C22H25N5O. The molecule has 0 amide bonds. The van der Waals surface area contributed by atoms with Crippen LogP contribution in [0.15, 0.2) is 47.8 Å². The molecule has 5 rings (SSSR count). The number of hydrogen-bond acceptors (Lipinski definition) is 5. The minimum atomic E-state index is 0.424. The van der Waals surface area contributed by atoms with E-state index < -0.39 is 0 Å². The minimum Gasteiger partial charge on any atom is -0.379 e. The lowest BCUT2D eigenvalue weighted by atomic mass is 9.92. The molecule has 1 fully saturated rings. The van der Waals surface area contributed by atoms with E-state index in [4.69, 9.17) is 4.74 Å². The fraction of sp³-hybridized carbons (Fsp3) is 0.409. The Bertz CT molecular complexity index is 1000. The Morgan fingerprint density at radius 2 is 1.86 bits per heavy atom. The van der Waals surface area contributed by atoms with Gasteiger partial charge in [-0.15, -0.1) is 0 Å². The Kier molecular flexibility index (Phi) is 4.56. The molecule has 1 aliphatic carbocycles. The second-order valence-corrected chi connectivity index (χ2v) is 7.50.